The lowest BCUT2D eigenvalue weighted by Crippen LogP contribution is -2.47. The molecule has 4 aromatic rings. The minimum atomic E-state index is -3.38. The number of carbonyl (C=O) groups is 2. The van der Waals surface area contributed by atoms with Crippen LogP contribution >= 0.6 is 0 Å². The number of ether oxygens (including phenoxy) is 1. The number of hydrogen-bond donors (Lipinski definition) is 1. The summed E-state index contributed by atoms with van der Waals surface area (Å²) in [6, 6.07) is 20.2. The Hall–Kier alpha value is -4.88. The molecule has 3 amide bonds. The summed E-state index contributed by atoms with van der Waals surface area (Å²) in [7, 11) is -3.38. The van der Waals surface area contributed by atoms with Crippen molar-refractivity contribution in [1.29, 1.82) is 0 Å². The molecule has 0 bridgehead atoms. The Labute approximate surface area is 290 Å². The first-order chi connectivity index (χ1) is 23.8. The second kappa shape index (κ2) is 14.2. The van der Waals surface area contributed by atoms with Gasteiger partial charge in [0.05, 0.1) is 34.0 Å². The molecule has 2 N–H and O–H groups in total. The molecule has 0 spiro atoms. The van der Waals surface area contributed by atoms with E-state index in [-0.39, 0.29) is 29.2 Å². The Balaban J connectivity index is 1.13. The number of halogens is 2. The van der Waals surface area contributed by atoms with Crippen LogP contribution in [0, 0.1) is 18.6 Å². The molecular formula is C37H39F2N5O5S. The molecule has 50 heavy (non-hydrogen) atoms. The van der Waals surface area contributed by atoms with Gasteiger partial charge < -0.3 is 15.4 Å². The summed E-state index contributed by atoms with van der Waals surface area (Å²) in [5.74, 6) is -2.19. The van der Waals surface area contributed by atoms with Crippen LogP contribution in [0.4, 0.5) is 19.3 Å². The first kappa shape index (κ1) is 35.0. The molecule has 2 aliphatic heterocycles. The predicted octanol–water partition coefficient (Wildman–Crippen LogP) is 6.39. The molecule has 0 saturated carbocycles. The predicted molar refractivity (Wildman–Crippen MR) is 185 cm³/mol. The summed E-state index contributed by atoms with van der Waals surface area (Å²) in [4.78, 5) is 36.0. The van der Waals surface area contributed by atoms with Crippen LogP contribution in [-0.4, -0.2) is 66.1 Å². The molecule has 1 aromatic heterocycles. The molecule has 3 heterocycles. The van der Waals surface area contributed by atoms with Gasteiger partial charge in [-0.2, -0.15) is 0 Å². The maximum atomic E-state index is 15.1. The number of urea groups is 1. The van der Waals surface area contributed by atoms with Gasteiger partial charge in [-0.15, -0.1) is 0 Å². The Kier molecular flexibility index (Phi) is 9.90. The Morgan fingerprint density at radius 3 is 2.28 bits per heavy atom. The molecule has 2 fully saturated rings. The van der Waals surface area contributed by atoms with E-state index in [0.717, 1.165) is 22.9 Å². The van der Waals surface area contributed by atoms with Crippen LogP contribution < -0.4 is 15.4 Å². The van der Waals surface area contributed by atoms with Gasteiger partial charge in [-0.05, 0) is 75.1 Å². The molecule has 262 valence electrons. The lowest BCUT2D eigenvalue weighted by molar-refractivity contribution is 0.0996. The van der Waals surface area contributed by atoms with Crippen molar-refractivity contribution in [3.63, 3.8) is 0 Å². The fourth-order valence-electron chi connectivity index (χ4n) is 6.58. The number of likely N-dealkylation sites (tertiary alicyclic amines) is 1. The van der Waals surface area contributed by atoms with Crippen LogP contribution in [0.15, 0.2) is 83.8 Å². The summed E-state index contributed by atoms with van der Waals surface area (Å²) in [5.41, 5.74) is 7.38. The highest BCUT2D eigenvalue weighted by molar-refractivity contribution is 7.92. The van der Waals surface area contributed by atoms with E-state index in [1.54, 1.807) is 36.9 Å². The second-order valence-corrected chi connectivity index (χ2v) is 15.4. The molecular weight excluding hydrogens is 664 g/mol. The van der Waals surface area contributed by atoms with Crippen molar-refractivity contribution in [3.8, 4) is 11.6 Å². The minimum Gasteiger partial charge on any atom is -0.439 e. The van der Waals surface area contributed by atoms with E-state index < -0.39 is 44.2 Å². The first-order valence-electron chi connectivity index (χ1n) is 16.5. The number of anilines is 1. The average molecular weight is 704 g/mol. The third-order valence-corrected chi connectivity index (χ3v) is 11.6. The molecule has 13 heteroatoms. The quantitative estimate of drug-likeness (QED) is 0.203. The fraction of sp³-hybridized carbons (Fsp3) is 0.324. The van der Waals surface area contributed by atoms with Gasteiger partial charge >= 0.3 is 6.03 Å². The van der Waals surface area contributed by atoms with Crippen molar-refractivity contribution >= 4 is 27.5 Å². The molecule has 1 atom stereocenters. The molecule has 6 rings (SSSR count). The van der Waals surface area contributed by atoms with Gasteiger partial charge in [-0.1, -0.05) is 36.4 Å². The Morgan fingerprint density at radius 1 is 0.980 bits per heavy atom. The number of nitrogens with two attached hydrogens (primary N) is 1. The van der Waals surface area contributed by atoms with Gasteiger partial charge in [-0.3, -0.25) is 14.6 Å². The molecule has 2 aliphatic rings. The van der Waals surface area contributed by atoms with E-state index in [0.29, 0.717) is 50.2 Å². The third kappa shape index (κ3) is 7.06. The number of carbonyl (C=O) groups excluding carboxylic acids is 2. The molecule has 2 saturated heterocycles. The highest BCUT2D eigenvalue weighted by atomic mass is 32.2. The van der Waals surface area contributed by atoms with Gasteiger partial charge in [0.1, 0.15) is 17.4 Å². The number of aromatic nitrogens is 1. The van der Waals surface area contributed by atoms with Crippen LogP contribution in [0.2, 0.25) is 0 Å². The summed E-state index contributed by atoms with van der Waals surface area (Å²) >= 11 is 0. The average Bonchev–Trinajstić information content (AvgIpc) is 3.43. The van der Waals surface area contributed by atoms with Crippen LogP contribution in [0.5, 0.6) is 11.6 Å². The van der Waals surface area contributed by atoms with Crippen molar-refractivity contribution in [2.45, 2.75) is 62.4 Å². The number of piperidine rings is 1. The van der Waals surface area contributed by atoms with Gasteiger partial charge in [0.25, 0.3) is 5.91 Å². The summed E-state index contributed by atoms with van der Waals surface area (Å²) < 4.78 is 60.1. The van der Waals surface area contributed by atoms with Crippen molar-refractivity contribution in [1.82, 2.24) is 14.8 Å². The van der Waals surface area contributed by atoms with Crippen LogP contribution in [0.25, 0.3) is 0 Å². The second-order valence-electron chi connectivity index (χ2n) is 12.9. The van der Waals surface area contributed by atoms with Gasteiger partial charge in [0.15, 0.2) is 9.84 Å². The number of hydrogen-bond acceptors (Lipinski definition) is 7. The fourth-order valence-corrected chi connectivity index (χ4v) is 7.64. The highest BCUT2D eigenvalue weighted by Crippen LogP contribution is 2.38. The number of sulfone groups is 1. The SMILES string of the molecule is Cc1nc(Oc2ccc(S(=O)(=O)C(C)C)cc2)ccc1CN1CCC(N2C(=O)N(c3cc(C(N)=O)c(F)cc3F)C[C@H]2c2ccccc2)CC1. The monoisotopic (exact) mass is 703 g/mol. The highest BCUT2D eigenvalue weighted by Gasteiger charge is 2.44. The first-order valence-corrected chi connectivity index (χ1v) is 18.0. The van der Waals surface area contributed by atoms with E-state index in [2.05, 4.69) is 9.88 Å². The van der Waals surface area contributed by atoms with Crippen LogP contribution in [0.3, 0.4) is 0 Å². The Morgan fingerprint density at radius 2 is 1.66 bits per heavy atom. The third-order valence-electron chi connectivity index (χ3n) is 9.43. The van der Waals surface area contributed by atoms with Crippen LogP contribution in [0.1, 0.15) is 59.9 Å². The zero-order chi connectivity index (χ0) is 35.7. The standard InChI is InChI=1S/C37H39F2N5O5S/c1-23(2)50(47,48)29-12-10-28(11-13-29)49-35-14-9-26(24(3)41-35)21-42-17-15-27(16-18-42)44-34(25-7-5-4-6-8-25)22-43(37(44)46)33-19-30(36(40)45)31(38)20-32(33)39/h4-14,19-20,23,27,34H,15-18,21-22H2,1-3H3,(H2,40,45)/t34-/m0/s1. The van der Waals surface area contributed by atoms with Gasteiger partial charge in [0, 0.05) is 43.5 Å². The molecule has 10 nitrogen and oxygen atoms in total. The smallest absolute Gasteiger partial charge is 0.325 e. The van der Waals surface area contributed by atoms with Crippen molar-refractivity contribution in [3.05, 3.63) is 113 Å². The number of benzene rings is 3. The zero-order valence-corrected chi connectivity index (χ0v) is 28.9. The number of pyridine rings is 1. The van der Waals surface area contributed by atoms with Crippen molar-refractivity contribution in [2.24, 2.45) is 5.73 Å². The van der Waals surface area contributed by atoms with E-state index in [1.165, 1.54) is 17.0 Å². The lowest BCUT2D eigenvalue weighted by atomic mass is 9.98. The maximum Gasteiger partial charge on any atom is 0.325 e. The van der Waals surface area contributed by atoms with Crippen molar-refractivity contribution in [2.75, 3.05) is 24.5 Å². The van der Waals surface area contributed by atoms with Gasteiger partial charge in [0.2, 0.25) is 5.88 Å². The molecule has 0 radical (unpaired) electrons. The Bertz CT molecular complexity index is 2000. The number of nitrogens with zero attached hydrogens (tertiary/aromatic N) is 4. The van der Waals surface area contributed by atoms with Crippen LogP contribution in [-0.2, 0) is 16.4 Å². The molecule has 0 aliphatic carbocycles. The lowest BCUT2D eigenvalue weighted by Gasteiger charge is -2.39. The van der Waals surface area contributed by atoms with E-state index in [1.807, 2.05) is 43.3 Å². The van der Waals surface area contributed by atoms with E-state index >= 15 is 4.39 Å². The van der Waals surface area contributed by atoms with E-state index in [4.69, 9.17) is 10.5 Å². The normalized spacial score (nSPS) is 17.5. The molecule has 3 aromatic carbocycles. The maximum absolute atomic E-state index is 15.1. The number of rotatable bonds is 10. The summed E-state index contributed by atoms with van der Waals surface area (Å²) in [5, 5.41) is -0.519. The number of aryl methyl sites for hydroxylation is 1. The summed E-state index contributed by atoms with van der Waals surface area (Å²) in [6.45, 7) is 7.38. The summed E-state index contributed by atoms with van der Waals surface area (Å²) in [6.07, 6.45) is 1.36. The van der Waals surface area contributed by atoms with Gasteiger partial charge in [-0.25, -0.2) is 27.0 Å². The molecule has 0 unspecified atom stereocenters. The minimum absolute atomic E-state index is 0.129. The topological polar surface area (TPSA) is 126 Å². The van der Waals surface area contributed by atoms with E-state index in [9.17, 15) is 22.4 Å². The zero-order valence-electron chi connectivity index (χ0n) is 28.1. The van der Waals surface area contributed by atoms with Crippen molar-refractivity contribution < 1.29 is 31.5 Å². The largest absolute Gasteiger partial charge is 0.439 e. The number of amides is 3. The number of primary amides is 1.